The molecule has 134 valence electrons. The van der Waals surface area contributed by atoms with Crippen molar-refractivity contribution in [3.05, 3.63) is 64.7 Å². The Morgan fingerprint density at radius 3 is 2.52 bits per heavy atom. The Balaban J connectivity index is 2.16. The molecule has 0 spiro atoms. The Kier molecular flexibility index (Phi) is 6.09. The molecule has 0 saturated heterocycles. The summed E-state index contributed by atoms with van der Waals surface area (Å²) in [4.78, 5) is 14.4. The van der Waals surface area contributed by atoms with Gasteiger partial charge in [-0.05, 0) is 32.6 Å². The van der Waals surface area contributed by atoms with E-state index < -0.39 is 17.7 Å². The van der Waals surface area contributed by atoms with Gasteiger partial charge >= 0.3 is 0 Å². The number of hydrogen-bond acceptors (Lipinski definition) is 3. The zero-order valence-electron chi connectivity index (χ0n) is 14.8. The van der Waals surface area contributed by atoms with Gasteiger partial charge in [-0.15, -0.1) is 0 Å². The predicted molar refractivity (Wildman–Crippen MR) is 92.4 cm³/mol. The summed E-state index contributed by atoms with van der Waals surface area (Å²) >= 11 is 0. The summed E-state index contributed by atoms with van der Waals surface area (Å²) in [6.07, 6.45) is 0. The van der Waals surface area contributed by atoms with Gasteiger partial charge in [-0.2, -0.15) is 4.39 Å². The molecule has 0 aliphatic rings. The summed E-state index contributed by atoms with van der Waals surface area (Å²) in [6, 6.07) is 9.84. The lowest BCUT2D eigenvalue weighted by molar-refractivity contribution is -0.125. The van der Waals surface area contributed by atoms with Crippen LogP contribution in [-0.4, -0.2) is 32.0 Å². The topological polar surface area (TPSA) is 41.6 Å². The molecule has 6 heteroatoms. The highest BCUT2D eigenvalue weighted by Gasteiger charge is 2.23. The molecule has 0 heterocycles. The standard InChI is InChI=1S/C19H22F2N2O2/c1-12-6-5-7-13(10-12)18(23(2)3)19(24)22-11-14-8-9-15(25-4)17(21)16(14)20/h5-10,18H,11H2,1-4H3,(H,22,24)/t18-/m1/s1. The quantitative estimate of drug-likeness (QED) is 0.872. The average molecular weight is 348 g/mol. The molecular weight excluding hydrogens is 326 g/mol. The van der Waals surface area contributed by atoms with E-state index in [0.29, 0.717) is 0 Å². The highest BCUT2D eigenvalue weighted by Crippen LogP contribution is 2.23. The second kappa shape index (κ2) is 8.07. The second-order valence-electron chi connectivity index (χ2n) is 6.05. The lowest BCUT2D eigenvalue weighted by atomic mass is 10.0. The number of hydrogen-bond donors (Lipinski definition) is 1. The predicted octanol–water partition coefficient (Wildman–Crippen LogP) is 3.20. The van der Waals surface area contributed by atoms with Gasteiger partial charge in [-0.25, -0.2) is 4.39 Å². The van der Waals surface area contributed by atoms with Gasteiger partial charge in [0, 0.05) is 12.1 Å². The lowest BCUT2D eigenvalue weighted by Gasteiger charge is -2.24. The molecule has 0 saturated carbocycles. The van der Waals surface area contributed by atoms with Crippen LogP contribution in [0.1, 0.15) is 22.7 Å². The molecule has 0 bridgehead atoms. The van der Waals surface area contributed by atoms with Gasteiger partial charge in [-0.1, -0.05) is 35.9 Å². The summed E-state index contributed by atoms with van der Waals surface area (Å²) < 4.78 is 32.5. The number of aryl methyl sites for hydroxylation is 1. The minimum Gasteiger partial charge on any atom is -0.494 e. The van der Waals surface area contributed by atoms with E-state index in [9.17, 15) is 13.6 Å². The van der Waals surface area contributed by atoms with E-state index in [1.807, 2.05) is 31.2 Å². The third-order valence-electron chi connectivity index (χ3n) is 3.92. The molecule has 1 atom stereocenters. The third-order valence-corrected chi connectivity index (χ3v) is 3.92. The van der Waals surface area contributed by atoms with E-state index in [-0.39, 0.29) is 23.8 Å². The van der Waals surface area contributed by atoms with Crippen molar-refractivity contribution in [2.75, 3.05) is 21.2 Å². The fourth-order valence-corrected chi connectivity index (χ4v) is 2.67. The summed E-state index contributed by atoms with van der Waals surface area (Å²) in [5.74, 6) is -2.53. The number of ether oxygens (including phenoxy) is 1. The number of methoxy groups -OCH3 is 1. The fraction of sp³-hybridized carbons (Fsp3) is 0.316. The van der Waals surface area contributed by atoms with Crippen molar-refractivity contribution >= 4 is 5.91 Å². The maximum absolute atomic E-state index is 14.0. The van der Waals surface area contributed by atoms with E-state index in [1.165, 1.54) is 19.2 Å². The Morgan fingerprint density at radius 1 is 1.20 bits per heavy atom. The van der Waals surface area contributed by atoms with Crippen LogP contribution < -0.4 is 10.1 Å². The first-order valence-electron chi connectivity index (χ1n) is 7.86. The third kappa shape index (κ3) is 4.33. The minimum absolute atomic E-state index is 0.0633. The number of benzene rings is 2. The van der Waals surface area contributed by atoms with Crippen LogP contribution in [-0.2, 0) is 11.3 Å². The monoisotopic (exact) mass is 348 g/mol. The van der Waals surface area contributed by atoms with Crippen molar-refractivity contribution in [3.8, 4) is 5.75 Å². The van der Waals surface area contributed by atoms with E-state index in [1.54, 1.807) is 19.0 Å². The molecule has 0 unspecified atom stereocenters. The molecule has 25 heavy (non-hydrogen) atoms. The van der Waals surface area contributed by atoms with E-state index in [4.69, 9.17) is 4.74 Å². The van der Waals surface area contributed by atoms with Gasteiger partial charge < -0.3 is 10.1 Å². The number of nitrogens with zero attached hydrogens (tertiary/aromatic N) is 1. The number of carbonyl (C=O) groups excluding carboxylic acids is 1. The van der Waals surface area contributed by atoms with Gasteiger partial charge in [0.25, 0.3) is 0 Å². The fourth-order valence-electron chi connectivity index (χ4n) is 2.67. The molecule has 2 rings (SSSR count). The maximum atomic E-state index is 14.0. The molecule has 2 aromatic rings. The molecule has 0 aliphatic heterocycles. The average Bonchev–Trinajstić information content (AvgIpc) is 2.56. The zero-order chi connectivity index (χ0) is 18.6. The van der Waals surface area contributed by atoms with Gasteiger partial charge in [0.15, 0.2) is 11.6 Å². The largest absolute Gasteiger partial charge is 0.494 e. The van der Waals surface area contributed by atoms with Crippen molar-refractivity contribution < 1.29 is 18.3 Å². The van der Waals surface area contributed by atoms with Crippen LogP contribution in [0.3, 0.4) is 0 Å². The Bertz CT molecular complexity index is 763. The molecule has 1 N–H and O–H groups in total. The SMILES string of the molecule is COc1ccc(CNC(=O)[C@@H](c2cccc(C)c2)N(C)C)c(F)c1F. The van der Waals surface area contributed by atoms with Crippen molar-refractivity contribution in [2.45, 2.75) is 19.5 Å². The normalized spacial score (nSPS) is 12.1. The van der Waals surface area contributed by atoms with Crippen LogP contribution in [0.25, 0.3) is 0 Å². The smallest absolute Gasteiger partial charge is 0.242 e. The molecule has 0 aliphatic carbocycles. The molecular formula is C19H22F2N2O2. The molecule has 2 aromatic carbocycles. The van der Waals surface area contributed by atoms with Gasteiger partial charge in [-0.3, -0.25) is 9.69 Å². The van der Waals surface area contributed by atoms with Crippen LogP contribution in [0.15, 0.2) is 36.4 Å². The molecule has 4 nitrogen and oxygen atoms in total. The first-order chi connectivity index (χ1) is 11.8. The number of amides is 1. The van der Waals surface area contributed by atoms with Gasteiger partial charge in [0.1, 0.15) is 6.04 Å². The Hall–Kier alpha value is -2.47. The number of likely N-dealkylation sites (N-methyl/N-ethyl adjacent to an activating group) is 1. The highest BCUT2D eigenvalue weighted by atomic mass is 19.2. The Labute approximate surface area is 146 Å². The van der Waals surface area contributed by atoms with Crippen LogP contribution in [0.2, 0.25) is 0 Å². The van der Waals surface area contributed by atoms with E-state index in [2.05, 4.69) is 5.32 Å². The summed E-state index contributed by atoms with van der Waals surface area (Å²) in [7, 11) is 4.85. The van der Waals surface area contributed by atoms with Crippen molar-refractivity contribution in [2.24, 2.45) is 0 Å². The molecule has 0 fully saturated rings. The van der Waals surface area contributed by atoms with Crippen molar-refractivity contribution in [1.82, 2.24) is 10.2 Å². The van der Waals surface area contributed by atoms with Crippen LogP contribution in [0.5, 0.6) is 5.75 Å². The van der Waals surface area contributed by atoms with Crippen molar-refractivity contribution in [1.29, 1.82) is 0 Å². The van der Waals surface area contributed by atoms with Crippen LogP contribution in [0, 0.1) is 18.6 Å². The van der Waals surface area contributed by atoms with Crippen molar-refractivity contribution in [3.63, 3.8) is 0 Å². The molecule has 0 aromatic heterocycles. The first-order valence-corrected chi connectivity index (χ1v) is 7.86. The molecule has 1 amide bonds. The summed E-state index contributed by atoms with van der Waals surface area (Å²) in [5, 5.41) is 2.68. The summed E-state index contributed by atoms with van der Waals surface area (Å²) in [5.41, 5.74) is 1.94. The van der Waals surface area contributed by atoms with Gasteiger partial charge in [0.05, 0.1) is 7.11 Å². The maximum Gasteiger partial charge on any atom is 0.242 e. The van der Waals surface area contributed by atoms with Gasteiger partial charge in [0.2, 0.25) is 11.7 Å². The first kappa shape index (κ1) is 18.9. The van der Waals surface area contributed by atoms with Crippen LogP contribution in [0.4, 0.5) is 8.78 Å². The second-order valence-corrected chi connectivity index (χ2v) is 6.05. The number of rotatable bonds is 6. The summed E-state index contributed by atoms with van der Waals surface area (Å²) in [6.45, 7) is 1.84. The van der Waals surface area contributed by atoms with E-state index >= 15 is 0 Å². The number of halogens is 2. The lowest BCUT2D eigenvalue weighted by Crippen LogP contribution is -2.37. The Morgan fingerprint density at radius 2 is 1.92 bits per heavy atom. The van der Waals surface area contributed by atoms with E-state index in [0.717, 1.165) is 11.1 Å². The number of carbonyl (C=O) groups is 1. The zero-order valence-corrected chi connectivity index (χ0v) is 14.8. The number of nitrogens with one attached hydrogen (secondary N) is 1. The highest BCUT2D eigenvalue weighted by molar-refractivity contribution is 5.83. The molecule has 0 radical (unpaired) electrons. The van der Waals surface area contributed by atoms with Crippen LogP contribution >= 0.6 is 0 Å². The minimum atomic E-state index is -1.06.